The molecule has 8 heteroatoms. The maximum Gasteiger partial charge on any atom is 0.250 e. The van der Waals surface area contributed by atoms with Crippen molar-refractivity contribution < 1.29 is 9.59 Å². The van der Waals surface area contributed by atoms with Crippen molar-refractivity contribution in [1.29, 1.82) is 5.26 Å². The maximum absolute atomic E-state index is 13.5. The lowest BCUT2D eigenvalue weighted by Crippen LogP contribution is -2.38. The molecule has 2 aliphatic carbocycles. The Bertz CT molecular complexity index is 1410. The highest BCUT2D eigenvalue weighted by atomic mass is 32.2. The van der Waals surface area contributed by atoms with Crippen LogP contribution in [-0.4, -0.2) is 26.5 Å². The third-order valence-corrected chi connectivity index (χ3v) is 6.55. The Balaban J connectivity index is 1.60. The van der Waals surface area contributed by atoms with Gasteiger partial charge in [-0.05, 0) is 42.0 Å². The summed E-state index contributed by atoms with van der Waals surface area (Å²) in [6, 6.07) is 6.73. The lowest BCUT2D eigenvalue weighted by atomic mass is 10.00. The van der Waals surface area contributed by atoms with Crippen LogP contribution in [0.3, 0.4) is 0 Å². The van der Waals surface area contributed by atoms with Crippen LogP contribution in [-0.2, 0) is 4.79 Å². The van der Waals surface area contributed by atoms with Crippen molar-refractivity contribution in [2.24, 2.45) is 5.92 Å². The molecule has 5 rings (SSSR count). The largest absolute Gasteiger partial charge is 0.309 e. The Kier molecular flexibility index (Phi) is 5.63. The summed E-state index contributed by atoms with van der Waals surface area (Å²) in [4.78, 5) is 31.4. The predicted molar refractivity (Wildman–Crippen MR) is 127 cm³/mol. The van der Waals surface area contributed by atoms with Crippen molar-refractivity contribution in [1.82, 2.24) is 14.8 Å². The summed E-state index contributed by atoms with van der Waals surface area (Å²) < 4.78 is 1.83. The van der Waals surface area contributed by atoms with Gasteiger partial charge < -0.3 is 5.32 Å². The summed E-state index contributed by atoms with van der Waals surface area (Å²) >= 11 is 1.52. The smallest absolute Gasteiger partial charge is 0.250 e. The number of carbonyl (C=O) groups is 2. The van der Waals surface area contributed by atoms with Crippen LogP contribution in [0, 0.1) is 17.2 Å². The second-order valence-corrected chi connectivity index (χ2v) is 8.56. The molecule has 0 saturated carbocycles. The first-order valence-electron chi connectivity index (χ1n) is 10.5. The number of pyridine rings is 1. The Hall–Kier alpha value is -3.96. The van der Waals surface area contributed by atoms with Crippen LogP contribution >= 0.6 is 11.8 Å². The van der Waals surface area contributed by atoms with Crippen LogP contribution in [0.2, 0.25) is 0 Å². The maximum atomic E-state index is 13.5. The Morgan fingerprint density at radius 2 is 2.09 bits per heavy atom. The highest BCUT2D eigenvalue weighted by Gasteiger charge is 2.33. The van der Waals surface area contributed by atoms with Crippen LogP contribution in [0.25, 0.3) is 11.0 Å². The number of hydrogen-bond acceptors (Lipinski definition) is 6. The quantitative estimate of drug-likeness (QED) is 0.425. The van der Waals surface area contributed by atoms with Crippen molar-refractivity contribution in [3.05, 3.63) is 88.1 Å². The molecule has 1 N–H and O–H groups in total. The molecule has 33 heavy (non-hydrogen) atoms. The summed E-state index contributed by atoms with van der Waals surface area (Å²) in [6.45, 7) is 0. The summed E-state index contributed by atoms with van der Waals surface area (Å²) in [5.74, 6) is -2.61. The van der Waals surface area contributed by atoms with Crippen molar-refractivity contribution in [3.63, 3.8) is 0 Å². The average Bonchev–Trinajstić information content (AvgIpc) is 3.26. The second kappa shape index (κ2) is 8.88. The number of Topliss-reactive ketones (excluding diaryl/α,β-unsaturated/α-hetero) is 1. The molecule has 1 unspecified atom stereocenters. The molecule has 0 radical (unpaired) electrons. The summed E-state index contributed by atoms with van der Waals surface area (Å²) in [6.07, 6.45) is 17.4. The standard InChI is InChI=1S/C25H19N5O2S/c26-14-18(25(32)28-21-12-6-7-13-27-21)24(31)22-19-15-33-20-11-5-4-10-17(20)23(19)30(29-22)16-8-2-1-3-9-16/h2-9,11-13,15-16,18H,1,10H2,(H,27,28,32). The number of carbonyl (C=O) groups excluding carboxylic acids is 2. The number of nitriles is 1. The zero-order chi connectivity index (χ0) is 22.8. The summed E-state index contributed by atoms with van der Waals surface area (Å²) in [7, 11) is 0. The van der Waals surface area contributed by atoms with Gasteiger partial charge in [-0.2, -0.15) is 10.4 Å². The molecule has 0 fully saturated rings. The van der Waals surface area contributed by atoms with Crippen LogP contribution in [0.1, 0.15) is 29.4 Å². The van der Waals surface area contributed by atoms with E-state index in [0.29, 0.717) is 5.22 Å². The molecular formula is C25H19N5O2S. The van der Waals surface area contributed by atoms with E-state index in [-0.39, 0.29) is 17.6 Å². The fourth-order valence-electron chi connectivity index (χ4n) is 4.00. The number of nitrogens with zero attached hydrogens (tertiary/aromatic N) is 4. The fraction of sp³-hybridized carbons (Fsp3) is 0.160. The highest BCUT2D eigenvalue weighted by Crippen LogP contribution is 2.33. The first-order valence-corrected chi connectivity index (χ1v) is 11.4. The number of ketones is 1. The molecule has 3 heterocycles. The predicted octanol–water partition coefficient (Wildman–Crippen LogP) is 2.78. The number of aromatic nitrogens is 3. The van der Waals surface area contributed by atoms with E-state index in [0.717, 1.165) is 28.7 Å². The molecule has 1 atom stereocenters. The van der Waals surface area contributed by atoms with E-state index in [1.807, 2.05) is 40.5 Å². The minimum absolute atomic E-state index is 0.133. The summed E-state index contributed by atoms with van der Waals surface area (Å²) in [5, 5.41) is 20.3. The number of amides is 1. The third kappa shape index (κ3) is 3.88. The van der Waals surface area contributed by atoms with Gasteiger partial charge in [-0.1, -0.05) is 54.3 Å². The zero-order valence-electron chi connectivity index (χ0n) is 17.5. The Labute approximate surface area is 194 Å². The molecule has 162 valence electrons. The van der Waals surface area contributed by atoms with Gasteiger partial charge in [-0.15, -0.1) is 0 Å². The molecule has 0 saturated heterocycles. The zero-order valence-corrected chi connectivity index (χ0v) is 18.3. The lowest BCUT2D eigenvalue weighted by Gasteiger charge is -2.18. The normalized spacial score (nSPS) is 17.3. The summed E-state index contributed by atoms with van der Waals surface area (Å²) in [5.41, 5.74) is 1.22. The van der Waals surface area contributed by atoms with Gasteiger partial charge in [0.15, 0.2) is 5.92 Å². The van der Waals surface area contributed by atoms with E-state index in [2.05, 4.69) is 33.6 Å². The minimum Gasteiger partial charge on any atom is -0.309 e. The highest BCUT2D eigenvalue weighted by molar-refractivity contribution is 8.10. The Morgan fingerprint density at radius 1 is 1.24 bits per heavy atom. The lowest BCUT2D eigenvalue weighted by molar-refractivity contribution is -0.117. The number of thioether (sulfide) groups is 1. The molecule has 2 aromatic rings. The second-order valence-electron chi connectivity index (χ2n) is 7.65. The van der Waals surface area contributed by atoms with Crippen LogP contribution in [0.15, 0.2) is 71.8 Å². The molecule has 0 bridgehead atoms. The van der Waals surface area contributed by atoms with Crippen molar-refractivity contribution in [3.8, 4) is 6.07 Å². The fourth-order valence-corrected chi connectivity index (χ4v) is 4.94. The molecular weight excluding hydrogens is 434 g/mol. The van der Waals surface area contributed by atoms with Crippen molar-refractivity contribution in [2.75, 3.05) is 5.32 Å². The van der Waals surface area contributed by atoms with Gasteiger partial charge in [-0.25, -0.2) is 4.98 Å². The first-order chi connectivity index (χ1) is 16.2. The van der Waals surface area contributed by atoms with Gasteiger partial charge in [0.2, 0.25) is 5.78 Å². The molecule has 1 aliphatic heterocycles. The molecule has 7 nitrogen and oxygen atoms in total. The molecule has 1 amide bonds. The van der Waals surface area contributed by atoms with E-state index in [1.165, 1.54) is 18.0 Å². The minimum atomic E-state index is -1.54. The number of rotatable bonds is 5. The SMILES string of the molecule is N#CC(C(=O)Nc1ccccn1)C(=O)c1nn(C2C=CCC=C2)c2c1=CSC1=CC=CCC=21. The molecule has 0 aromatic carbocycles. The number of nitrogens with one attached hydrogen (secondary N) is 1. The molecule has 0 spiro atoms. The van der Waals surface area contributed by atoms with Gasteiger partial charge >= 0.3 is 0 Å². The van der Waals surface area contributed by atoms with Crippen molar-refractivity contribution in [2.45, 2.75) is 18.9 Å². The van der Waals surface area contributed by atoms with E-state index < -0.39 is 17.6 Å². The van der Waals surface area contributed by atoms with E-state index >= 15 is 0 Å². The topological polar surface area (TPSA) is 101 Å². The van der Waals surface area contributed by atoms with Crippen LogP contribution in [0.4, 0.5) is 5.82 Å². The number of hydrogen-bond donors (Lipinski definition) is 1. The van der Waals surface area contributed by atoms with E-state index in [9.17, 15) is 14.9 Å². The van der Waals surface area contributed by atoms with Crippen LogP contribution in [0.5, 0.6) is 0 Å². The van der Waals surface area contributed by atoms with Crippen LogP contribution < -0.4 is 15.9 Å². The molecule has 2 aromatic heterocycles. The molecule has 3 aliphatic rings. The Morgan fingerprint density at radius 3 is 2.85 bits per heavy atom. The van der Waals surface area contributed by atoms with E-state index in [4.69, 9.17) is 0 Å². The first kappa shape index (κ1) is 20.9. The van der Waals surface area contributed by atoms with E-state index in [1.54, 1.807) is 18.2 Å². The average molecular weight is 454 g/mol. The van der Waals surface area contributed by atoms with Gasteiger partial charge in [0.05, 0.1) is 17.5 Å². The van der Waals surface area contributed by atoms with Crippen molar-refractivity contribution >= 4 is 40.3 Å². The van der Waals surface area contributed by atoms with Gasteiger partial charge in [0.1, 0.15) is 11.5 Å². The monoisotopic (exact) mass is 453 g/mol. The number of allylic oxidation sites excluding steroid dienone is 8. The van der Waals surface area contributed by atoms with Gasteiger partial charge in [-0.3, -0.25) is 14.3 Å². The number of fused-ring (bicyclic) bond motifs is 2. The van der Waals surface area contributed by atoms with Gasteiger partial charge in [0, 0.05) is 16.3 Å². The third-order valence-electron chi connectivity index (χ3n) is 5.56. The number of anilines is 1. The van der Waals surface area contributed by atoms with Gasteiger partial charge in [0.25, 0.3) is 5.91 Å².